The van der Waals surface area contributed by atoms with Gasteiger partial charge in [0.1, 0.15) is 0 Å². The van der Waals surface area contributed by atoms with Crippen molar-refractivity contribution < 1.29 is 31.4 Å². The lowest BCUT2D eigenvalue weighted by Crippen LogP contribution is -2.43. The molecule has 0 rings (SSSR count). The van der Waals surface area contributed by atoms with E-state index in [1.165, 1.54) is 0 Å². The molecule has 0 unspecified atom stereocenters. The van der Waals surface area contributed by atoms with Gasteiger partial charge in [-0.2, -0.15) is 12.6 Å². The van der Waals surface area contributed by atoms with Gasteiger partial charge in [-0.25, -0.2) is 4.79 Å². The SMILES string of the molecule is CO[Si](CCCNC(N)=O)(OC)OC.CO[Si](CCCS)(OC)OC. The van der Waals surface area contributed by atoms with Crippen LogP contribution in [0.2, 0.25) is 12.1 Å². The van der Waals surface area contributed by atoms with Crippen LogP contribution in [0.5, 0.6) is 0 Å². The van der Waals surface area contributed by atoms with Crippen molar-refractivity contribution in [2.75, 3.05) is 55.0 Å². The normalized spacial score (nSPS) is 11.6. The minimum absolute atomic E-state index is 0.500. The number of hydrogen-bond acceptors (Lipinski definition) is 8. The third-order valence-corrected chi connectivity index (χ3v) is 9.45. The highest BCUT2D eigenvalue weighted by Gasteiger charge is 2.37. The molecule has 0 saturated heterocycles. The van der Waals surface area contributed by atoms with Crippen LogP contribution in [0.3, 0.4) is 0 Å². The summed E-state index contributed by atoms with van der Waals surface area (Å²) in [5.41, 5.74) is 4.91. The quantitative estimate of drug-likeness (QED) is 0.233. The van der Waals surface area contributed by atoms with Gasteiger partial charge in [0.05, 0.1) is 0 Å². The number of carbonyl (C=O) groups is 1. The van der Waals surface area contributed by atoms with E-state index in [9.17, 15) is 4.79 Å². The van der Waals surface area contributed by atoms with Crippen molar-refractivity contribution in [3.8, 4) is 0 Å². The summed E-state index contributed by atoms with van der Waals surface area (Å²) in [6.07, 6.45) is 1.68. The van der Waals surface area contributed by atoms with Crippen molar-refractivity contribution in [1.82, 2.24) is 5.32 Å². The molecule has 0 aromatic rings. The van der Waals surface area contributed by atoms with E-state index in [1.54, 1.807) is 42.7 Å². The summed E-state index contributed by atoms with van der Waals surface area (Å²) in [6.45, 7) is 0.500. The largest absolute Gasteiger partial charge is 0.500 e. The van der Waals surface area contributed by atoms with Crippen molar-refractivity contribution in [3.05, 3.63) is 0 Å². The second kappa shape index (κ2) is 16.0. The maximum atomic E-state index is 10.4. The van der Waals surface area contributed by atoms with Gasteiger partial charge in [0, 0.05) is 61.3 Å². The molecule has 152 valence electrons. The first-order valence-electron chi connectivity index (χ1n) is 7.79. The van der Waals surface area contributed by atoms with Crippen molar-refractivity contribution in [2.24, 2.45) is 5.73 Å². The zero-order valence-corrected chi connectivity index (χ0v) is 19.0. The van der Waals surface area contributed by atoms with E-state index in [1.807, 2.05) is 0 Å². The van der Waals surface area contributed by atoms with E-state index in [-0.39, 0.29) is 0 Å². The molecule has 0 fully saturated rings. The highest BCUT2D eigenvalue weighted by molar-refractivity contribution is 7.80. The molecule has 0 aromatic carbocycles. The Hall–Kier alpha value is -0.186. The number of hydrogen-bond donors (Lipinski definition) is 3. The van der Waals surface area contributed by atoms with Gasteiger partial charge >= 0.3 is 23.6 Å². The van der Waals surface area contributed by atoms with Crippen molar-refractivity contribution in [1.29, 1.82) is 0 Å². The predicted molar refractivity (Wildman–Crippen MR) is 104 cm³/mol. The summed E-state index contributed by atoms with van der Waals surface area (Å²) in [7, 11) is 4.77. The molecule has 0 atom stereocenters. The lowest BCUT2D eigenvalue weighted by Gasteiger charge is -2.24. The maximum absolute atomic E-state index is 10.4. The Morgan fingerprint density at radius 1 is 0.840 bits per heavy atom. The summed E-state index contributed by atoms with van der Waals surface area (Å²) in [5, 5.41) is 2.48. The van der Waals surface area contributed by atoms with E-state index < -0.39 is 23.6 Å². The number of urea groups is 1. The van der Waals surface area contributed by atoms with Crippen LogP contribution in [0.15, 0.2) is 0 Å². The van der Waals surface area contributed by atoms with Gasteiger partial charge in [0.25, 0.3) is 0 Å². The predicted octanol–water partition coefficient (Wildman–Crippen LogP) is 1.11. The molecule has 25 heavy (non-hydrogen) atoms. The zero-order valence-electron chi connectivity index (χ0n) is 16.1. The van der Waals surface area contributed by atoms with Crippen LogP contribution in [0.25, 0.3) is 0 Å². The fourth-order valence-electron chi connectivity index (χ4n) is 1.92. The molecule has 0 radical (unpaired) electrons. The van der Waals surface area contributed by atoms with Gasteiger partial charge < -0.3 is 37.6 Å². The maximum Gasteiger partial charge on any atom is 0.500 e. The first kappa shape index (κ1) is 27.0. The molecule has 0 bridgehead atoms. The summed E-state index contributed by atoms with van der Waals surface area (Å²) in [4.78, 5) is 10.4. The lowest BCUT2D eigenvalue weighted by atomic mass is 10.5. The molecular formula is C13H34N2O7SSi2. The number of primary amides is 1. The number of nitrogens with one attached hydrogen (secondary N) is 1. The van der Waals surface area contributed by atoms with Crippen LogP contribution in [-0.4, -0.2) is 78.6 Å². The Bertz CT molecular complexity index is 319. The number of nitrogens with two attached hydrogens (primary N) is 1. The first-order valence-corrected chi connectivity index (χ1v) is 12.3. The highest BCUT2D eigenvalue weighted by Crippen LogP contribution is 2.15. The van der Waals surface area contributed by atoms with E-state index in [2.05, 4.69) is 17.9 Å². The minimum atomic E-state index is -2.48. The van der Waals surface area contributed by atoms with Crippen molar-refractivity contribution in [3.63, 3.8) is 0 Å². The number of thiol groups is 1. The standard InChI is InChI=1S/C7H18N2O4Si.C6H16O3SSi/c1-11-14(12-2,13-3)6-4-5-9-7(8)10;1-7-11(8-2,9-3)6-4-5-10/h4-6H2,1-3H3,(H3,8,9,10);10H,4-6H2,1-3H3. The van der Waals surface area contributed by atoms with Crippen molar-refractivity contribution in [2.45, 2.75) is 24.9 Å². The molecule has 0 aliphatic heterocycles. The minimum Gasteiger partial charge on any atom is -0.377 e. The van der Waals surface area contributed by atoms with Gasteiger partial charge in [0.15, 0.2) is 0 Å². The molecule has 0 aliphatic carbocycles. The van der Waals surface area contributed by atoms with E-state index >= 15 is 0 Å². The third-order valence-electron chi connectivity index (χ3n) is 3.47. The van der Waals surface area contributed by atoms with Crippen LogP contribution >= 0.6 is 12.6 Å². The molecule has 12 heteroatoms. The lowest BCUT2D eigenvalue weighted by molar-refractivity contribution is 0.122. The zero-order chi connectivity index (χ0) is 19.8. The number of carbonyl (C=O) groups excluding carboxylic acids is 1. The van der Waals surface area contributed by atoms with E-state index in [0.717, 1.165) is 18.2 Å². The van der Waals surface area contributed by atoms with Crippen LogP contribution in [0.1, 0.15) is 12.8 Å². The van der Waals surface area contributed by atoms with Crippen LogP contribution in [-0.2, 0) is 26.6 Å². The summed E-state index contributed by atoms with van der Waals surface area (Å²) < 4.78 is 31.2. The topological polar surface area (TPSA) is 111 Å². The number of amides is 2. The summed E-state index contributed by atoms with van der Waals surface area (Å²) in [6, 6.07) is 0.959. The molecule has 0 heterocycles. The van der Waals surface area contributed by atoms with Gasteiger partial charge in [-0.05, 0) is 18.6 Å². The Balaban J connectivity index is 0. The second-order valence-electron chi connectivity index (χ2n) is 4.81. The third kappa shape index (κ3) is 11.9. The molecule has 0 saturated carbocycles. The highest BCUT2D eigenvalue weighted by atomic mass is 32.1. The van der Waals surface area contributed by atoms with Gasteiger partial charge in [-0.15, -0.1) is 0 Å². The van der Waals surface area contributed by atoms with Crippen molar-refractivity contribution >= 4 is 36.3 Å². The van der Waals surface area contributed by atoms with Crippen LogP contribution in [0.4, 0.5) is 4.79 Å². The van der Waals surface area contributed by atoms with Crippen LogP contribution < -0.4 is 11.1 Å². The Labute approximate surface area is 159 Å². The van der Waals surface area contributed by atoms with E-state index in [4.69, 9.17) is 32.3 Å². The molecule has 2 amide bonds. The molecule has 0 aromatic heterocycles. The molecule has 9 nitrogen and oxygen atoms in total. The fourth-order valence-corrected chi connectivity index (χ4v) is 5.82. The Kier molecular flexibility index (Phi) is 17.3. The summed E-state index contributed by atoms with van der Waals surface area (Å²) >= 11 is 4.10. The monoisotopic (exact) mass is 418 g/mol. The average molecular weight is 419 g/mol. The van der Waals surface area contributed by atoms with Gasteiger partial charge in [-0.1, -0.05) is 0 Å². The average Bonchev–Trinajstić information content (AvgIpc) is 2.64. The second-order valence-corrected chi connectivity index (χ2v) is 11.4. The molecule has 0 aliphatic rings. The first-order chi connectivity index (χ1) is 11.8. The summed E-state index contributed by atoms with van der Waals surface area (Å²) in [5.74, 6) is 0.838. The van der Waals surface area contributed by atoms with E-state index in [0.29, 0.717) is 19.0 Å². The smallest absolute Gasteiger partial charge is 0.377 e. The molecular weight excluding hydrogens is 384 g/mol. The molecule has 3 N–H and O–H groups in total. The van der Waals surface area contributed by atoms with Gasteiger partial charge in [0.2, 0.25) is 0 Å². The fraction of sp³-hybridized carbons (Fsp3) is 0.923. The number of rotatable bonds is 13. The van der Waals surface area contributed by atoms with Crippen LogP contribution in [0, 0.1) is 0 Å². The Morgan fingerprint density at radius 3 is 1.48 bits per heavy atom. The Morgan fingerprint density at radius 2 is 1.20 bits per heavy atom. The van der Waals surface area contributed by atoms with Gasteiger partial charge in [-0.3, -0.25) is 0 Å². The molecule has 0 spiro atoms.